The van der Waals surface area contributed by atoms with Crippen molar-refractivity contribution in [3.8, 4) is 0 Å². The second-order valence-corrected chi connectivity index (χ2v) is 4.65. The van der Waals surface area contributed by atoms with Crippen LogP contribution in [0.25, 0.3) is 0 Å². The maximum atomic E-state index is 12.0. The first kappa shape index (κ1) is 12.9. The summed E-state index contributed by atoms with van der Waals surface area (Å²) >= 11 is 0.552. The van der Waals surface area contributed by atoms with Gasteiger partial charge in [-0.1, -0.05) is 11.8 Å². The average Bonchev–Trinajstić information content (AvgIpc) is 2.93. The van der Waals surface area contributed by atoms with Gasteiger partial charge in [0.25, 0.3) is 5.76 Å². The first-order valence-electron chi connectivity index (χ1n) is 5.34. The molecule has 2 heterocycles. The first-order chi connectivity index (χ1) is 8.63. The number of rotatable bonds is 6. The smallest absolute Gasteiger partial charge is 0.284 e. The van der Waals surface area contributed by atoms with Gasteiger partial charge in [0.2, 0.25) is 0 Å². The molecule has 0 aliphatic carbocycles. The van der Waals surface area contributed by atoms with Crippen LogP contribution in [0.15, 0.2) is 28.8 Å². The zero-order valence-corrected chi connectivity index (χ0v) is 10.6. The number of hydrogen-bond acceptors (Lipinski definition) is 4. The Morgan fingerprint density at radius 3 is 2.83 bits per heavy atom. The minimum absolute atomic E-state index is 0.182. The summed E-state index contributed by atoms with van der Waals surface area (Å²) in [6.07, 6.45) is 1.83. The minimum atomic E-state index is -2.37. The third kappa shape index (κ3) is 3.76. The van der Waals surface area contributed by atoms with E-state index < -0.39 is 5.76 Å². The van der Waals surface area contributed by atoms with E-state index in [4.69, 9.17) is 4.42 Å². The molecule has 2 rings (SSSR count). The third-order valence-corrected chi connectivity index (χ3v) is 2.93. The van der Waals surface area contributed by atoms with Gasteiger partial charge < -0.3 is 9.73 Å². The maximum Gasteiger partial charge on any atom is 0.284 e. The molecule has 7 heteroatoms. The highest BCUT2D eigenvalue weighted by Gasteiger charge is 2.07. The van der Waals surface area contributed by atoms with Gasteiger partial charge in [-0.3, -0.25) is 4.68 Å². The summed E-state index contributed by atoms with van der Waals surface area (Å²) in [5, 5.41) is 7.23. The van der Waals surface area contributed by atoms with Crippen molar-refractivity contribution in [2.45, 2.75) is 18.1 Å². The van der Waals surface area contributed by atoms with Crippen molar-refractivity contribution in [2.24, 2.45) is 7.05 Å². The second kappa shape index (κ2) is 5.90. The number of nitrogens with zero attached hydrogens (tertiary/aromatic N) is 2. The number of thioether (sulfide) groups is 1. The molecule has 0 atom stereocenters. The van der Waals surface area contributed by atoms with Crippen LogP contribution >= 0.6 is 11.8 Å². The van der Waals surface area contributed by atoms with Gasteiger partial charge in [0.05, 0.1) is 12.3 Å². The largest absolute Gasteiger partial charge is 0.463 e. The molecule has 18 heavy (non-hydrogen) atoms. The summed E-state index contributed by atoms with van der Waals surface area (Å²) in [5.74, 6) is -0.187. The third-order valence-electron chi connectivity index (χ3n) is 2.23. The number of aryl methyl sites for hydroxylation is 1. The molecule has 0 spiro atoms. The van der Waals surface area contributed by atoms with Crippen LogP contribution in [-0.4, -0.2) is 15.5 Å². The summed E-state index contributed by atoms with van der Waals surface area (Å²) in [6, 6.07) is 5.33. The van der Waals surface area contributed by atoms with E-state index in [2.05, 4.69) is 10.4 Å². The number of nitrogens with one attached hydrogen (secondary N) is 1. The predicted molar refractivity (Wildman–Crippen MR) is 66.5 cm³/mol. The van der Waals surface area contributed by atoms with Crippen LogP contribution < -0.4 is 5.32 Å². The fraction of sp³-hybridized carbons (Fsp3) is 0.364. The topological polar surface area (TPSA) is 43.0 Å². The molecule has 1 N–H and O–H groups in total. The van der Waals surface area contributed by atoms with Gasteiger partial charge in [0.15, 0.2) is 0 Å². The van der Waals surface area contributed by atoms with E-state index in [-0.39, 0.29) is 5.75 Å². The van der Waals surface area contributed by atoms with Gasteiger partial charge in [-0.15, -0.1) is 0 Å². The van der Waals surface area contributed by atoms with E-state index in [0.717, 1.165) is 5.82 Å². The summed E-state index contributed by atoms with van der Waals surface area (Å²) in [6.45, 7) is 0.482. The predicted octanol–water partition coefficient (Wildman–Crippen LogP) is 3.08. The van der Waals surface area contributed by atoms with Crippen molar-refractivity contribution in [1.29, 1.82) is 0 Å². The van der Waals surface area contributed by atoms with E-state index in [9.17, 15) is 8.78 Å². The first-order valence-corrected chi connectivity index (χ1v) is 6.39. The van der Waals surface area contributed by atoms with Crippen LogP contribution in [0, 0.1) is 0 Å². The van der Waals surface area contributed by atoms with E-state index in [0.29, 0.717) is 29.8 Å². The molecular formula is C11H13F2N3OS. The molecule has 0 unspecified atom stereocenters. The molecule has 4 nitrogen and oxygen atoms in total. The standard InChI is InChI=1S/C11H13F2N3OS/c1-16-5-4-10(15-16)14-6-8-2-3-9(17-8)7-18-11(12)13/h2-5,11H,6-7H2,1H3,(H,14,15). The molecule has 0 bridgehead atoms. The Morgan fingerprint density at radius 2 is 2.17 bits per heavy atom. The zero-order valence-electron chi connectivity index (χ0n) is 9.77. The summed E-state index contributed by atoms with van der Waals surface area (Å²) < 4.78 is 31.1. The van der Waals surface area contributed by atoms with Crippen LogP contribution in [0.4, 0.5) is 14.6 Å². The molecule has 0 aliphatic heterocycles. The highest BCUT2D eigenvalue weighted by molar-refractivity contribution is 7.98. The van der Waals surface area contributed by atoms with Gasteiger partial charge >= 0.3 is 0 Å². The van der Waals surface area contributed by atoms with Gasteiger partial charge in [0.1, 0.15) is 17.3 Å². The van der Waals surface area contributed by atoms with Crippen LogP contribution in [0.3, 0.4) is 0 Å². The van der Waals surface area contributed by atoms with Gasteiger partial charge in [-0.25, -0.2) is 0 Å². The second-order valence-electron chi connectivity index (χ2n) is 3.67. The Kier molecular flexibility index (Phi) is 4.24. The number of alkyl halides is 2. The highest BCUT2D eigenvalue weighted by atomic mass is 32.2. The molecule has 0 fully saturated rings. The summed E-state index contributed by atoms with van der Waals surface area (Å²) in [4.78, 5) is 0. The molecule has 0 saturated carbocycles. The lowest BCUT2D eigenvalue weighted by Crippen LogP contribution is -1.99. The molecule has 98 valence electrons. The molecule has 0 aliphatic rings. The fourth-order valence-electron chi connectivity index (χ4n) is 1.43. The monoisotopic (exact) mass is 273 g/mol. The normalized spacial score (nSPS) is 11.1. The van der Waals surface area contributed by atoms with Crippen LogP contribution in [0.5, 0.6) is 0 Å². The summed E-state index contributed by atoms with van der Waals surface area (Å²) in [5.41, 5.74) is 0. The van der Waals surface area contributed by atoms with E-state index >= 15 is 0 Å². The van der Waals surface area contributed by atoms with Crippen LogP contribution in [0.1, 0.15) is 11.5 Å². The minimum Gasteiger partial charge on any atom is -0.463 e. The Balaban J connectivity index is 1.83. The van der Waals surface area contributed by atoms with Gasteiger partial charge in [0, 0.05) is 19.3 Å². The van der Waals surface area contributed by atoms with Crippen molar-refractivity contribution in [2.75, 3.05) is 5.32 Å². The van der Waals surface area contributed by atoms with Crippen molar-refractivity contribution in [3.05, 3.63) is 35.9 Å². The van der Waals surface area contributed by atoms with Crippen molar-refractivity contribution in [1.82, 2.24) is 9.78 Å². The molecule has 0 radical (unpaired) electrons. The lowest BCUT2D eigenvalue weighted by atomic mass is 10.4. The molecule has 0 saturated heterocycles. The average molecular weight is 273 g/mol. The molecule has 2 aromatic heterocycles. The van der Waals surface area contributed by atoms with Crippen molar-refractivity contribution in [3.63, 3.8) is 0 Å². The fourth-order valence-corrected chi connectivity index (χ4v) is 1.87. The van der Waals surface area contributed by atoms with Gasteiger partial charge in [-0.05, 0) is 12.1 Å². The van der Waals surface area contributed by atoms with Crippen LogP contribution in [-0.2, 0) is 19.3 Å². The summed E-state index contributed by atoms with van der Waals surface area (Å²) in [7, 11) is 1.83. The highest BCUT2D eigenvalue weighted by Crippen LogP contribution is 2.21. The molecular weight excluding hydrogens is 260 g/mol. The lowest BCUT2D eigenvalue weighted by Gasteiger charge is -2.00. The van der Waals surface area contributed by atoms with E-state index in [1.165, 1.54) is 0 Å². The number of hydrogen-bond donors (Lipinski definition) is 1. The molecule has 0 amide bonds. The number of halogens is 2. The SMILES string of the molecule is Cn1ccc(NCc2ccc(CSC(F)F)o2)n1. The number of anilines is 1. The Morgan fingerprint density at radius 1 is 1.39 bits per heavy atom. The maximum absolute atomic E-state index is 12.0. The Labute approximate surface area is 107 Å². The van der Waals surface area contributed by atoms with Gasteiger partial charge in [-0.2, -0.15) is 13.9 Å². The lowest BCUT2D eigenvalue weighted by molar-refractivity contribution is 0.251. The van der Waals surface area contributed by atoms with Crippen LogP contribution in [0.2, 0.25) is 0 Å². The van der Waals surface area contributed by atoms with Crippen molar-refractivity contribution >= 4 is 17.6 Å². The number of aromatic nitrogens is 2. The Hall–Kier alpha value is -1.50. The Bertz CT molecular complexity index is 498. The molecule has 0 aromatic carbocycles. The molecule has 2 aromatic rings. The number of furan rings is 1. The quantitative estimate of drug-likeness (QED) is 0.878. The van der Waals surface area contributed by atoms with Crippen molar-refractivity contribution < 1.29 is 13.2 Å². The zero-order chi connectivity index (χ0) is 13.0. The van der Waals surface area contributed by atoms with E-state index in [1.807, 2.05) is 19.3 Å². The van der Waals surface area contributed by atoms with E-state index in [1.54, 1.807) is 16.8 Å².